The number of amides is 1. The maximum atomic E-state index is 13.0. The molecule has 1 aliphatic rings. The summed E-state index contributed by atoms with van der Waals surface area (Å²) in [6.07, 6.45) is 1.65. The van der Waals surface area contributed by atoms with E-state index >= 15 is 0 Å². The predicted octanol–water partition coefficient (Wildman–Crippen LogP) is 3.27. The zero-order valence-corrected chi connectivity index (χ0v) is 15.4. The minimum absolute atomic E-state index is 0.0543. The van der Waals surface area contributed by atoms with Gasteiger partial charge >= 0.3 is 0 Å². The Morgan fingerprint density at radius 1 is 1.07 bits per heavy atom. The lowest BCUT2D eigenvalue weighted by molar-refractivity contribution is -0.0163. The van der Waals surface area contributed by atoms with Crippen LogP contribution >= 0.6 is 0 Å². The number of benzene rings is 2. The Hall–Kier alpha value is -2.60. The molecule has 2 aromatic carbocycles. The molecule has 0 radical (unpaired) electrons. The van der Waals surface area contributed by atoms with Crippen LogP contribution in [0.15, 0.2) is 48.5 Å². The highest BCUT2D eigenvalue weighted by molar-refractivity contribution is 5.94. The summed E-state index contributed by atoms with van der Waals surface area (Å²) >= 11 is 0. The maximum absolute atomic E-state index is 13.0. The van der Waals surface area contributed by atoms with Crippen LogP contribution in [-0.4, -0.2) is 48.3 Å². The van der Waals surface area contributed by atoms with E-state index in [2.05, 4.69) is 0 Å². The molecule has 0 spiro atoms. The van der Waals surface area contributed by atoms with Crippen molar-refractivity contribution in [2.75, 3.05) is 26.8 Å². The van der Waals surface area contributed by atoms with E-state index in [1.54, 1.807) is 36.3 Å². The van der Waals surface area contributed by atoms with Gasteiger partial charge in [0.1, 0.15) is 29.5 Å². The number of hydrogen-bond donors (Lipinski definition) is 1. The highest BCUT2D eigenvalue weighted by Gasteiger charge is 2.32. The van der Waals surface area contributed by atoms with Crippen molar-refractivity contribution in [3.8, 4) is 11.5 Å². The molecule has 0 aromatic heterocycles. The highest BCUT2D eigenvalue weighted by Crippen LogP contribution is 2.25. The van der Waals surface area contributed by atoms with Crippen molar-refractivity contribution in [2.45, 2.75) is 24.9 Å². The maximum Gasteiger partial charge on any atom is 0.253 e. The summed E-state index contributed by atoms with van der Waals surface area (Å²) in [4.78, 5) is 14.5. The molecule has 27 heavy (non-hydrogen) atoms. The number of rotatable bonds is 5. The second kappa shape index (κ2) is 8.39. The zero-order valence-electron chi connectivity index (χ0n) is 15.4. The van der Waals surface area contributed by atoms with Crippen molar-refractivity contribution in [1.82, 2.24) is 4.90 Å². The molecule has 1 aliphatic heterocycles. The lowest BCUT2D eigenvalue weighted by Crippen LogP contribution is -2.38. The van der Waals surface area contributed by atoms with Gasteiger partial charge in [-0.3, -0.25) is 4.79 Å². The molecule has 1 unspecified atom stereocenters. The Balaban J connectivity index is 1.58. The van der Waals surface area contributed by atoms with Gasteiger partial charge in [0.15, 0.2) is 0 Å². The summed E-state index contributed by atoms with van der Waals surface area (Å²) in [5.41, 5.74) is -0.410. The van der Waals surface area contributed by atoms with E-state index in [9.17, 15) is 14.3 Å². The van der Waals surface area contributed by atoms with Crippen LogP contribution in [0.1, 0.15) is 29.6 Å². The number of carbonyl (C=O) groups is 1. The van der Waals surface area contributed by atoms with Crippen molar-refractivity contribution in [1.29, 1.82) is 0 Å². The second-order valence-electron chi connectivity index (χ2n) is 6.84. The normalized spacial score (nSPS) is 20.0. The summed E-state index contributed by atoms with van der Waals surface area (Å²) in [6, 6.07) is 12.7. The number of aliphatic hydroxyl groups is 1. The summed E-state index contributed by atoms with van der Waals surface area (Å²) in [5.74, 6) is 0.833. The number of methoxy groups -OCH3 is 1. The summed E-state index contributed by atoms with van der Waals surface area (Å²) < 4.78 is 23.7. The molecule has 144 valence electrons. The molecule has 1 amide bonds. The van der Waals surface area contributed by atoms with Crippen molar-refractivity contribution in [3.63, 3.8) is 0 Å². The first-order chi connectivity index (χ1) is 13.0. The fourth-order valence-electron chi connectivity index (χ4n) is 3.19. The van der Waals surface area contributed by atoms with Crippen LogP contribution in [0.3, 0.4) is 0 Å². The van der Waals surface area contributed by atoms with Gasteiger partial charge in [-0.05, 0) is 67.8 Å². The summed E-state index contributed by atoms with van der Waals surface area (Å²) in [7, 11) is 1.58. The van der Waals surface area contributed by atoms with Gasteiger partial charge < -0.3 is 19.5 Å². The zero-order chi connectivity index (χ0) is 19.3. The van der Waals surface area contributed by atoms with E-state index in [-0.39, 0.29) is 18.3 Å². The molecular weight excluding hydrogens is 349 g/mol. The predicted molar refractivity (Wildman–Crippen MR) is 99.6 cm³/mol. The van der Waals surface area contributed by atoms with Crippen LogP contribution in [-0.2, 0) is 0 Å². The molecule has 2 aromatic rings. The van der Waals surface area contributed by atoms with Crippen LogP contribution in [0.2, 0.25) is 0 Å². The lowest BCUT2D eigenvalue weighted by atomic mass is 9.96. The van der Waals surface area contributed by atoms with E-state index in [4.69, 9.17) is 9.47 Å². The number of ether oxygens (including phenoxy) is 2. The fraction of sp³-hybridized carbons (Fsp3) is 0.381. The van der Waals surface area contributed by atoms with Crippen molar-refractivity contribution < 1.29 is 23.8 Å². The lowest BCUT2D eigenvalue weighted by Gasteiger charge is -2.27. The van der Waals surface area contributed by atoms with Gasteiger partial charge in [0.05, 0.1) is 7.11 Å². The van der Waals surface area contributed by atoms with E-state index in [0.29, 0.717) is 49.4 Å². The Bertz CT molecular complexity index is 763. The van der Waals surface area contributed by atoms with E-state index in [1.807, 2.05) is 0 Å². The third kappa shape index (κ3) is 4.98. The van der Waals surface area contributed by atoms with Gasteiger partial charge in [-0.2, -0.15) is 0 Å². The van der Waals surface area contributed by atoms with E-state index < -0.39 is 5.60 Å². The molecule has 0 aliphatic carbocycles. The van der Waals surface area contributed by atoms with Crippen LogP contribution in [0.25, 0.3) is 0 Å². The Labute approximate surface area is 158 Å². The largest absolute Gasteiger partial charge is 0.497 e. The standard InChI is InChI=1S/C21H24FNO4/c1-26-18-7-3-16(4-8-18)20(24)23-13-2-11-21(25,12-14-23)15-27-19-9-5-17(22)6-10-19/h3-10,25H,2,11-15H2,1H3. The van der Waals surface area contributed by atoms with Gasteiger partial charge in [-0.15, -0.1) is 0 Å². The first-order valence-corrected chi connectivity index (χ1v) is 9.03. The molecule has 1 N–H and O–H groups in total. The van der Waals surface area contributed by atoms with Gasteiger partial charge in [-0.1, -0.05) is 0 Å². The average Bonchev–Trinajstić information content (AvgIpc) is 2.89. The monoisotopic (exact) mass is 373 g/mol. The number of halogens is 1. The smallest absolute Gasteiger partial charge is 0.253 e. The Kier molecular flexibility index (Phi) is 5.96. The van der Waals surface area contributed by atoms with Crippen LogP contribution in [0, 0.1) is 5.82 Å². The van der Waals surface area contributed by atoms with Crippen LogP contribution < -0.4 is 9.47 Å². The minimum atomic E-state index is -1.01. The summed E-state index contributed by atoms with van der Waals surface area (Å²) in [6.45, 7) is 1.15. The third-order valence-corrected chi connectivity index (χ3v) is 4.86. The van der Waals surface area contributed by atoms with Gasteiger partial charge in [0, 0.05) is 18.7 Å². The number of nitrogens with zero attached hydrogens (tertiary/aromatic N) is 1. The molecule has 6 heteroatoms. The third-order valence-electron chi connectivity index (χ3n) is 4.86. The van der Waals surface area contributed by atoms with Gasteiger partial charge in [0.25, 0.3) is 5.91 Å². The first kappa shape index (κ1) is 19.2. The van der Waals surface area contributed by atoms with Crippen molar-refractivity contribution in [2.24, 2.45) is 0 Å². The quantitative estimate of drug-likeness (QED) is 0.874. The number of likely N-dealkylation sites (tertiary alicyclic amines) is 1. The Morgan fingerprint density at radius 3 is 2.41 bits per heavy atom. The molecule has 1 heterocycles. The summed E-state index contributed by atoms with van der Waals surface area (Å²) in [5, 5.41) is 10.9. The van der Waals surface area contributed by atoms with Crippen LogP contribution in [0.4, 0.5) is 4.39 Å². The molecule has 0 saturated carbocycles. The van der Waals surface area contributed by atoms with Gasteiger partial charge in [0.2, 0.25) is 0 Å². The molecule has 0 bridgehead atoms. The number of carbonyl (C=O) groups excluding carboxylic acids is 1. The SMILES string of the molecule is COc1ccc(C(=O)N2CCCC(O)(COc3ccc(F)cc3)CC2)cc1. The molecule has 3 rings (SSSR count). The first-order valence-electron chi connectivity index (χ1n) is 9.03. The van der Waals surface area contributed by atoms with Crippen molar-refractivity contribution in [3.05, 3.63) is 59.9 Å². The molecular formula is C21H24FNO4. The fourth-order valence-corrected chi connectivity index (χ4v) is 3.19. The second-order valence-corrected chi connectivity index (χ2v) is 6.84. The van der Waals surface area contributed by atoms with E-state index in [1.165, 1.54) is 24.3 Å². The average molecular weight is 373 g/mol. The molecule has 5 nitrogen and oxygen atoms in total. The highest BCUT2D eigenvalue weighted by atomic mass is 19.1. The molecule has 1 saturated heterocycles. The minimum Gasteiger partial charge on any atom is -0.497 e. The topological polar surface area (TPSA) is 59.0 Å². The molecule has 1 atom stereocenters. The Morgan fingerprint density at radius 2 is 1.74 bits per heavy atom. The van der Waals surface area contributed by atoms with Crippen molar-refractivity contribution >= 4 is 5.91 Å². The number of hydrogen-bond acceptors (Lipinski definition) is 4. The van der Waals surface area contributed by atoms with Crippen LogP contribution in [0.5, 0.6) is 11.5 Å². The molecule has 1 fully saturated rings. The van der Waals surface area contributed by atoms with Gasteiger partial charge in [-0.25, -0.2) is 4.39 Å². The van der Waals surface area contributed by atoms with E-state index in [0.717, 1.165) is 0 Å².